The number of anilines is 1. The van der Waals surface area contributed by atoms with E-state index in [1.54, 1.807) is 4.90 Å². The lowest BCUT2D eigenvalue weighted by Gasteiger charge is -2.27. The zero-order valence-corrected chi connectivity index (χ0v) is 8.36. The Kier molecular flexibility index (Phi) is 2.34. The van der Waals surface area contributed by atoms with Crippen molar-refractivity contribution in [1.82, 2.24) is 4.90 Å². The van der Waals surface area contributed by atoms with Gasteiger partial charge in [0.15, 0.2) is 0 Å². The minimum absolute atomic E-state index is 0.247. The maximum Gasteiger partial charge on any atom is 0.298 e. The van der Waals surface area contributed by atoms with Crippen molar-refractivity contribution in [3.63, 3.8) is 0 Å². The van der Waals surface area contributed by atoms with Gasteiger partial charge in [-0.2, -0.15) is 0 Å². The number of nitrogens with two attached hydrogens (primary N) is 1. The number of carbonyl (C=O) groups excluding carboxylic acids is 1. The highest BCUT2D eigenvalue weighted by Crippen LogP contribution is 2.23. The summed E-state index contributed by atoms with van der Waals surface area (Å²) in [5.74, 6) is 1.89. The maximum atomic E-state index is 11.3. The van der Waals surface area contributed by atoms with Crippen molar-refractivity contribution >= 4 is 11.6 Å². The van der Waals surface area contributed by atoms with Crippen molar-refractivity contribution in [2.75, 3.05) is 12.3 Å². The van der Waals surface area contributed by atoms with Crippen molar-refractivity contribution in [3.05, 3.63) is 29.3 Å². The van der Waals surface area contributed by atoms with Crippen LogP contribution in [0, 0.1) is 12.3 Å². The Bertz CT molecular complexity index is 445. The zero-order chi connectivity index (χ0) is 10.8. The lowest BCUT2D eigenvalue weighted by molar-refractivity contribution is -0.125. The molecule has 0 atom stereocenters. The Morgan fingerprint density at radius 2 is 2.33 bits per heavy atom. The van der Waals surface area contributed by atoms with Crippen LogP contribution in [0.15, 0.2) is 18.2 Å². The molecule has 0 fully saturated rings. The number of hydrogen-bond acceptors (Lipinski definition) is 2. The molecule has 1 aliphatic rings. The first-order valence-corrected chi connectivity index (χ1v) is 4.84. The first-order valence-electron chi connectivity index (χ1n) is 4.84. The van der Waals surface area contributed by atoms with Gasteiger partial charge in [-0.15, -0.1) is 6.42 Å². The molecule has 1 amide bonds. The average molecular weight is 200 g/mol. The number of amides is 1. The molecule has 0 aliphatic carbocycles. The molecule has 1 aromatic carbocycles. The summed E-state index contributed by atoms with van der Waals surface area (Å²) in [6, 6.07) is 5.77. The van der Waals surface area contributed by atoms with E-state index in [0.29, 0.717) is 13.1 Å². The topological polar surface area (TPSA) is 46.3 Å². The number of benzene rings is 1. The Morgan fingerprint density at radius 3 is 3.07 bits per heavy atom. The molecule has 0 unspecified atom stereocenters. The lowest BCUT2D eigenvalue weighted by atomic mass is 9.98. The van der Waals surface area contributed by atoms with Crippen LogP contribution in [-0.4, -0.2) is 17.4 Å². The summed E-state index contributed by atoms with van der Waals surface area (Å²) in [6.45, 7) is 1.23. The van der Waals surface area contributed by atoms with Crippen molar-refractivity contribution in [1.29, 1.82) is 0 Å². The molecule has 1 aromatic rings. The van der Waals surface area contributed by atoms with E-state index in [9.17, 15) is 4.79 Å². The maximum absolute atomic E-state index is 11.3. The molecule has 0 radical (unpaired) electrons. The summed E-state index contributed by atoms with van der Waals surface area (Å²) in [4.78, 5) is 13.0. The first-order chi connectivity index (χ1) is 7.22. The molecular formula is C12H12N2O. The summed E-state index contributed by atoms with van der Waals surface area (Å²) in [5.41, 5.74) is 8.91. The lowest BCUT2D eigenvalue weighted by Crippen LogP contribution is -2.35. The fourth-order valence-electron chi connectivity index (χ4n) is 1.90. The highest BCUT2D eigenvalue weighted by molar-refractivity contribution is 5.93. The minimum Gasteiger partial charge on any atom is -0.398 e. The van der Waals surface area contributed by atoms with Crippen molar-refractivity contribution in [2.45, 2.75) is 13.0 Å². The second-order valence-corrected chi connectivity index (χ2v) is 3.61. The Morgan fingerprint density at radius 1 is 1.53 bits per heavy atom. The largest absolute Gasteiger partial charge is 0.398 e. The monoisotopic (exact) mass is 200 g/mol. The fourth-order valence-corrected chi connectivity index (χ4v) is 1.90. The van der Waals surface area contributed by atoms with E-state index in [1.807, 2.05) is 18.2 Å². The Labute approximate surface area is 88.9 Å². The number of hydrogen-bond donors (Lipinski definition) is 1. The zero-order valence-electron chi connectivity index (χ0n) is 8.36. The van der Waals surface area contributed by atoms with Gasteiger partial charge in [0.25, 0.3) is 5.91 Å². The van der Waals surface area contributed by atoms with Gasteiger partial charge >= 0.3 is 0 Å². The Hall–Kier alpha value is -1.95. The van der Waals surface area contributed by atoms with Crippen LogP contribution in [0.25, 0.3) is 0 Å². The summed E-state index contributed by atoms with van der Waals surface area (Å²) in [6.07, 6.45) is 5.87. The van der Waals surface area contributed by atoms with Gasteiger partial charge < -0.3 is 10.6 Å². The van der Waals surface area contributed by atoms with Gasteiger partial charge in [0.05, 0.1) is 0 Å². The molecule has 1 aliphatic heterocycles. The second kappa shape index (κ2) is 3.66. The van der Waals surface area contributed by atoms with Gasteiger partial charge in [-0.1, -0.05) is 12.1 Å². The van der Waals surface area contributed by atoms with E-state index in [1.165, 1.54) is 0 Å². The van der Waals surface area contributed by atoms with Crippen LogP contribution in [-0.2, 0) is 17.8 Å². The van der Waals surface area contributed by atoms with Crippen LogP contribution >= 0.6 is 0 Å². The van der Waals surface area contributed by atoms with Gasteiger partial charge in [-0.25, -0.2) is 0 Å². The predicted molar refractivity (Wildman–Crippen MR) is 58.8 cm³/mol. The highest BCUT2D eigenvalue weighted by atomic mass is 16.2. The van der Waals surface area contributed by atoms with Gasteiger partial charge in [-0.3, -0.25) is 4.79 Å². The molecule has 0 aromatic heterocycles. The Balaban J connectivity index is 2.29. The number of nitrogens with zero attached hydrogens (tertiary/aromatic N) is 1. The van der Waals surface area contributed by atoms with E-state index in [-0.39, 0.29) is 5.91 Å². The quantitative estimate of drug-likeness (QED) is 0.497. The number of terminal acetylenes is 1. The first kappa shape index (κ1) is 9.60. The van der Waals surface area contributed by atoms with Crippen LogP contribution < -0.4 is 5.73 Å². The average Bonchev–Trinajstić information content (AvgIpc) is 2.28. The normalized spacial score (nSPS) is 14.2. The third kappa shape index (κ3) is 1.66. The molecule has 0 spiro atoms. The van der Waals surface area contributed by atoms with E-state index >= 15 is 0 Å². The van der Waals surface area contributed by atoms with Crippen LogP contribution in [0.5, 0.6) is 0 Å². The van der Waals surface area contributed by atoms with Gasteiger partial charge in [0, 0.05) is 18.8 Å². The predicted octanol–water partition coefficient (Wildman–Crippen LogP) is 0.787. The van der Waals surface area contributed by atoms with Crippen LogP contribution in [0.3, 0.4) is 0 Å². The second-order valence-electron chi connectivity index (χ2n) is 3.61. The minimum atomic E-state index is -0.247. The van der Waals surface area contributed by atoms with Crippen LogP contribution in [0.4, 0.5) is 5.69 Å². The number of nitrogen functional groups attached to an aromatic ring is 1. The molecule has 2 rings (SSSR count). The van der Waals surface area contributed by atoms with E-state index in [4.69, 9.17) is 12.2 Å². The molecule has 0 bridgehead atoms. The molecule has 2 N–H and O–H groups in total. The molecule has 0 saturated heterocycles. The van der Waals surface area contributed by atoms with E-state index < -0.39 is 0 Å². The van der Waals surface area contributed by atoms with E-state index in [2.05, 4.69) is 5.92 Å². The van der Waals surface area contributed by atoms with Crippen LogP contribution in [0.2, 0.25) is 0 Å². The third-order valence-corrected chi connectivity index (χ3v) is 2.71. The molecule has 15 heavy (non-hydrogen) atoms. The smallest absolute Gasteiger partial charge is 0.298 e. The van der Waals surface area contributed by atoms with Gasteiger partial charge in [0.2, 0.25) is 0 Å². The number of rotatable bonds is 0. The standard InChI is InChI=1S/C12H12N2O/c1-2-12(15)14-7-6-10-9(8-14)4-3-5-11(10)13/h1,3-5H,6-8,13H2. The third-order valence-electron chi connectivity index (χ3n) is 2.71. The summed E-state index contributed by atoms with van der Waals surface area (Å²) < 4.78 is 0. The summed E-state index contributed by atoms with van der Waals surface area (Å²) in [5, 5.41) is 0. The molecule has 3 nitrogen and oxygen atoms in total. The van der Waals surface area contributed by atoms with E-state index in [0.717, 1.165) is 23.2 Å². The summed E-state index contributed by atoms with van der Waals surface area (Å²) in [7, 11) is 0. The molecule has 76 valence electrons. The number of fused-ring (bicyclic) bond motifs is 1. The highest BCUT2D eigenvalue weighted by Gasteiger charge is 2.20. The van der Waals surface area contributed by atoms with Crippen molar-refractivity contribution in [2.24, 2.45) is 0 Å². The molecule has 1 heterocycles. The number of carbonyl (C=O) groups is 1. The fraction of sp³-hybridized carbons (Fsp3) is 0.250. The van der Waals surface area contributed by atoms with Crippen LogP contribution in [0.1, 0.15) is 11.1 Å². The molecule has 0 saturated carbocycles. The van der Waals surface area contributed by atoms with Crippen molar-refractivity contribution in [3.8, 4) is 12.3 Å². The van der Waals surface area contributed by atoms with Crippen molar-refractivity contribution < 1.29 is 4.79 Å². The van der Waals surface area contributed by atoms with Gasteiger partial charge in [-0.05, 0) is 29.5 Å². The molecule has 3 heteroatoms. The summed E-state index contributed by atoms with van der Waals surface area (Å²) >= 11 is 0. The SMILES string of the molecule is C#CC(=O)N1CCc2c(N)cccc2C1. The van der Waals surface area contributed by atoms with Gasteiger partial charge in [0.1, 0.15) is 0 Å². The molecular weight excluding hydrogens is 188 g/mol.